The van der Waals surface area contributed by atoms with Crippen LogP contribution in [-0.4, -0.2) is 58.0 Å². The van der Waals surface area contributed by atoms with E-state index >= 15 is 0 Å². The predicted octanol–water partition coefficient (Wildman–Crippen LogP) is 2.92. The number of nitrogens with one attached hydrogen (secondary N) is 1. The molecule has 0 bridgehead atoms. The molecule has 1 aliphatic rings. The highest BCUT2D eigenvalue weighted by Crippen LogP contribution is 2.20. The summed E-state index contributed by atoms with van der Waals surface area (Å²) >= 11 is 0. The van der Waals surface area contributed by atoms with E-state index in [0.29, 0.717) is 43.2 Å². The number of aryl methyl sites for hydroxylation is 3. The maximum atomic E-state index is 13.0. The second-order valence-corrected chi connectivity index (χ2v) is 7.62. The zero-order chi connectivity index (χ0) is 22.0. The van der Waals surface area contributed by atoms with E-state index < -0.39 is 5.91 Å². The Labute approximate surface area is 180 Å². The topological polar surface area (TPSA) is 89.4 Å². The first-order valence-electron chi connectivity index (χ1n) is 10.2. The molecule has 2 amide bonds. The van der Waals surface area contributed by atoms with Gasteiger partial charge in [0.15, 0.2) is 5.69 Å². The van der Waals surface area contributed by atoms with Gasteiger partial charge < -0.3 is 15.0 Å². The van der Waals surface area contributed by atoms with Gasteiger partial charge in [0.1, 0.15) is 0 Å². The van der Waals surface area contributed by atoms with Gasteiger partial charge >= 0.3 is 0 Å². The van der Waals surface area contributed by atoms with Crippen molar-refractivity contribution in [2.24, 2.45) is 0 Å². The molecule has 1 N–H and O–H groups in total. The lowest BCUT2D eigenvalue weighted by Crippen LogP contribution is -2.41. The standard InChI is InChI=1S/C23H25N5O3/c1-15-8-9-20(16(2)14-15)28-25-17(3)21(26-28)22(29)24-19-7-5-4-6-18(19)23(30)27-10-12-31-13-11-27/h4-9,14H,10-13H2,1-3H3,(H,24,29). The molecule has 8 heteroatoms. The van der Waals surface area contributed by atoms with Gasteiger partial charge in [0.05, 0.1) is 35.8 Å². The van der Waals surface area contributed by atoms with Crippen molar-refractivity contribution in [3.63, 3.8) is 0 Å². The Morgan fingerprint density at radius 2 is 1.74 bits per heavy atom. The second kappa shape index (κ2) is 8.69. The molecule has 2 heterocycles. The first-order valence-corrected chi connectivity index (χ1v) is 10.2. The summed E-state index contributed by atoms with van der Waals surface area (Å²) in [6, 6.07) is 13.0. The zero-order valence-electron chi connectivity index (χ0n) is 17.9. The molecule has 8 nitrogen and oxygen atoms in total. The molecule has 2 aromatic carbocycles. The largest absolute Gasteiger partial charge is 0.378 e. The summed E-state index contributed by atoms with van der Waals surface area (Å²) in [6.45, 7) is 7.84. The van der Waals surface area contributed by atoms with Crippen molar-refractivity contribution in [2.45, 2.75) is 20.8 Å². The Bertz CT molecular complexity index is 1130. The van der Waals surface area contributed by atoms with E-state index in [-0.39, 0.29) is 11.6 Å². The highest BCUT2D eigenvalue weighted by atomic mass is 16.5. The fourth-order valence-corrected chi connectivity index (χ4v) is 3.62. The number of hydrogen-bond donors (Lipinski definition) is 1. The fourth-order valence-electron chi connectivity index (χ4n) is 3.62. The summed E-state index contributed by atoms with van der Waals surface area (Å²) in [7, 11) is 0. The van der Waals surface area contributed by atoms with Crippen LogP contribution in [0.2, 0.25) is 0 Å². The minimum absolute atomic E-state index is 0.130. The maximum Gasteiger partial charge on any atom is 0.278 e. The number of carbonyl (C=O) groups is 2. The molecular weight excluding hydrogens is 394 g/mol. The normalized spacial score (nSPS) is 13.8. The lowest BCUT2D eigenvalue weighted by atomic mass is 10.1. The minimum atomic E-state index is -0.407. The molecule has 160 valence electrons. The first kappa shape index (κ1) is 20.7. The Hall–Kier alpha value is -3.52. The predicted molar refractivity (Wildman–Crippen MR) is 117 cm³/mol. The quantitative estimate of drug-likeness (QED) is 0.702. The Kier molecular flexibility index (Phi) is 5.81. The monoisotopic (exact) mass is 419 g/mol. The molecule has 3 aromatic rings. The van der Waals surface area contributed by atoms with Gasteiger partial charge in [-0.15, -0.1) is 5.10 Å². The average molecular weight is 419 g/mol. The summed E-state index contributed by atoms with van der Waals surface area (Å²) in [4.78, 5) is 29.2. The molecular formula is C23H25N5O3. The van der Waals surface area contributed by atoms with E-state index in [2.05, 4.69) is 15.5 Å². The number of benzene rings is 2. The summed E-state index contributed by atoms with van der Waals surface area (Å²) in [5.41, 5.74) is 4.59. The van der Waals surface area contributed by atoms with Crippen LogP contribution in [0.1, 0.15) is 37.7 Å². The van der Waals surface area contributed by atoms with Crippen molar-refractivity contribution in [3.8, 4) is 5.69 Å². The van der Waals surface area contributed by atoms with Gasteiger partial charge in [0.2, 0.25) is 0 Å². The summed E-state index contributed by atoms with van der Waals surface area (Å²) in [6.07, 6.45) is 0. The van der Waals surface area contributed by atoms with Crippen LogP contribution in [0, 0.1) is 20.8 Å². The van der Waals surface area contributed by atoms with Crippen LogP contribution in [-0.2, 0) is 4.74 Å². The number of hydrogen-bond acceptors (Lipinski definition) is 5. The van der Waals surface area contributed by atoms with Crippen molar-refractivity contribution in [2.75, 3.05) is 31.6 Å². The Balaban J connectivity index is 1.58. The second-order valence-electron chi connectivity index (χ2n) is 7.62. The highest BCUT2D eigenvalue weighted by Gasteiger charge is 2.23. The Morgan fingerprint density at radius 1 is 1.00 bits per heavy atom. The molecule has 0 unspecified atom stereocenters. The molecule has 1 saturated heterocycles. The number of carbonyl (C=O) groups excluding carboxylic acids is 2. The SMILES string of the molecule is Cc1ccc(-n2nc(C)c(C(=O)Nc3ccccc3C(=O)N3CCOCC3)n2)c(C)c1. The molecule has 0 spiro atoms. The summed E-state index contributed by atoms with van der Waals surface area (Å²) in [5, 5.41) is 11.7. The molecule has 4 rings (SSSR count). The minimum Gasteiger partial charge on any atom is -0.378 e. The third kappa shape index (κ3) is 4.34. The van der Waals surface area contributed by atoms with Gasteiger partial charge in [0, 0.05) is 13.1 Å². The van der Waals surface area contributed by atoms with Gasteiger partial charge in [-0.2, -0.15) is 9.90 Å². The first-order chi connectivity index (χ1) is 14.9. The van der Waals surface area contributed by atoms with Crippen LogP contribution in [0.3, 0.4) is 0 Å². The van der Waals surface area contributed by atoms with Gasteiger partial charge in [-0.25, -0.2) is 0 Å². The number of morpholine rings is 1. The smallest absolute Gasteiger partial charge is 0.278 e. The molecule has 0 saturated carbocycles. The van der Waals surface area contributed by atoms with Crippen LogP contribution < -0.4 is 5.32 Å². The number of ether oxygens (including phenoxy) is 1. The third-order valence-corrected chi connectivity index (χ3v) is 5.27. The van der Waals surface area contributed by atoms with E-state index in [1.165, 1.54) is 4.80 Å². The molecule has 1 aromatic heterocycles. The van der Waals surface area contributed by atoms with E-state index in [1.54, 1.807) is 36.1 Å². The van der Waals surface area contributed by atoms with Crippen LogP contribution in [0.5, 0.6) is 0 Å². The molecule has 0 radical (unpaired) electrons. The van der Waals surface area contributed by atoms with Crippen LogP contribution in [0.4, 0.5) is 5.69 Å². The van der Waals surface area contributed by atoms with Crippen LogP contribution in [0.25, 0.3) is 5.69 Å². The lowest BCUT2D eigenvalue weighted by Gasteiger charge is -2.27. The van der Waals surface area contributed by atoms with Crippen molar-refractivity contribution in [3.05, 3.63) is 70.5 Å². The number of para-hydroxylation sites is 1. The summed E-state index contributed by atoms with van der Waals surface area (Å²) < 4.78 is 5.32. The molecule has 0 atom stereocenters. The summed E-state index contributed by atoms with van der Waals surface area (Å²) in [5.74, 6) is -0.536. The van der Waals surface area contributed by atoms with Crippen molar-refractivity contribution in [1.82, 2.24) is 19.9 Å². The zero-order valence-corrected chi connectivity index (χ0v) is 17.9. The molecule has 0 aliphatic carbocycles. The van der Waals surface area contributed by atoms with E-state index in [4.69, 9.17) is 4.74 Å². The Morgan fingerprint density at radius 3 is 2.48 bits per heavy atom. The van der Waals surface area contributed by atoms with Gasteiger partial charge in [-0.3, -0.25) is 9.59 Å². The van der Waals surface area contributed by atoms with E-state index in [1.807, 2.05) is 32.0 Å². The molecule has 1 aliphatic heterocycles. The van der Waals surface area contributed by atoms with E-state index in [9.17, 15) is 9.59 Å². The maximum absolute atomic E-state index is 13.0. The van der Waals surface area contributed by atoms with E-state index in [0.717, 1.165) is 16.8 Å². The molecule has 31 heavy (non-hydrogen) atoms. The fraction of sp³-hybridized carbons (Fsp3) is 0.304. The number of nitrogens with zero attached hydrogens (tertiary/aromatic N) is 4. The van der Waals surface area contributed by atoms with Crippen LogP contribution >= 0.6 is 0 Å². The molecule has 1 fully saturated rings. The van der Waals surface area contributed by atoms with Crippen molar-refractivity contribution >= 4 is 17.5 Å². The van der Waals surface area contributed by atoms with Crippen LogP contribution in [0.15, 0.2) is 42.5 Å². The number of aromatic nitrogens is 3. The number of anilines is 1. The number of rotatable bonds is 4. The third-order valence-electron chi connectivity index (χ3n) is 5.27. The average Bonchev–Trinajstić information content (AvgIpc) is 3.15. The van der Waals surface area contributed by atoms with Crippen molar-refractivity contribution < 1.29 is 14.3 Å². The number of amides is 2. The van der Waals surface area contributed by atoms with Crippen molar-refractivity contribution in [1.29, 1.82) is 0 Å². The van der Waals surface area contributed by atoms with Gasteiger partial charge in [-0.1, -0.05) is 29.8 Å². The lowest BCUT2D eigenvalue weighted by molar-refractivity contribution is 0.0303. The van der Waals surface area contributed by atoms with Gasteiger partial charge in [-0.05, 0) is 44.5 Å². The highest BCUT2D eigenvalue weighted by molar-refractivity contribution is 6.08. The van der Waals surface area contributed by atoms with Gasteiger partial charge in [0.25, 0.3) is 11.8 Å².